The van der Waals surface area contributed by atoms with E-state index >= 15 is 0 Å². The van der Waals surface area contributed by atoms with E-state index in [2.05, 4.69) is 14.7 Å². The summed E-state index contributed by atoms with van der Waals surface area (Å²) in [5.74, 6) is -2.02. The highest BCUT2D eigenvalue weighted by Crippen LogP contribution is 2.11. The number of carbonyl (C=O) groups is 1. The zero-order valence-electron chi connectivity index (χ0n) is 8.05. The van der Waals surface area contributed by atoms with E-state index in [0.717, 1.165) is 0 Å². The number of aromatic nitrogens is 2. The molecule has 16 heavy (non-hydrogen) atoms. The van der Waals surface area contributed by atoms with E-state index in [1.807, 2.05) is 0 Å². The number of nitrogens with zero attached hydrogens (tertiary/aromatic N) is 2. The molecule has 0 aliphatic rings. The molecule has 1 heterocycles. The number of carboxylic acids is 1. The van der Waals surface area contributed by atoms with E-state index in [1.54, 1.807) is 18.2 Å². The maximum absolute atomic E-state index is 13.2. The molecule has 0 atom stereocenters. The zero-order valence-corrected chi connectivity index (χ0v) is 8.05. The fraction of sp³-hybridized carbons (Fsp3) is 0.100. The van der Waals surface area contributed by atoms with E-state index in [4.69, 9.17) is 5.11 Å². The third kappa shape index (κ3) is 2.05. The van der Waals surface area contributed by atoms with Crippen molar-refractivity contribution in [2.75, 3.05) is 0 Å². The van der Waals surface area contributed by atoms with Gasteiger partial charge in [0, 0.05) is 0 Å². The minimum atomic E-state index is -1.27. The predicted octanol–water partition coefficient (Wildman–Crippen LogP) is 1.50. The molecule has 1 N–H and O–H groups in total. The number of rotatable bonds is 3. The lowest BCUT2D eigenvalue weighted by Crippen LogP contribution is -1.99. The monoisotopic (exact) mass is 222 g/mol. The van der Waals surface area contributed by atoms with Gasteiger partial charge < -0.3 is 9.63 Å². The van der Waals surface area contributed by atoms with Crippen LogP contribution in [0.25, 0.3) is 0 Å². The van der Waals surface area contributed by atoms with Crippen molar-refractivity contribution in [1.82, 2.24) is 10.1 Å². The molecule has 0 aliphatic carbocycles. The third-order valence-electron chi connectivity index (χ3n) is 1.96. The molecule has 0 unspecified atom stereocenters. The maximum Gasteiger partial charge on any atom is 0.377 e. The van der Waals surface area contributed by atoms with E-state index < -0.39 is 17.6 Å². The van der Waals surface area contributed by atoms with E-state index in [0.29, 0.717) is 5.56 Å². The van der Waals surface area contributed by atoms with Gasteiger partial charge in [0.25, 0.3) is 5.82 Å². The molecule has 0 saturated heterocycles. The van der Waals surface area contributed by atoms with Crippen LogP contribution >= 0.6 is 0 Å². The van der Waals surface area contributed by atoms with Gasteiger partial charge in [-0.3, -0.25) is 0 Å². The van der Waals surface area contributed by atoms with E-state index in [-0.39, 0.29) is 12.3 Å². The molecule has 5 nitrogen and oxygen atoms in total. The summed E-state index contributed by atoms with van der Waals surface area (Å²) >= 11 is 0. The quantitative estimate of drug-likeness (QED) is 0.851. The highest BCUT2D eigenvalue weighted by atomic mass is 19.1. The highest BCUT2D eigenvalue weighted by molar-refractivity contribution is 5.82. The molecule has 2 rings (SSSR count). The van der Waals surface area contributed by atoms with Crippen LogP contribution in [0, 0.1) is 5.82 Å². The summed E-state index contributed by atoms with van der Waals surface area (Å²) in [5, 5.41) is 11.8. The number of halogens is 1. The molecule has 1 aromatic heterocycles. The van der Waals surface area contributed by atoms with E-state index in [9.17, 15) is 9.18 Å². The van der Waals surface area contributed by atoms with Gasteiger partial charge in [-0.25, -0.2) is 9.18 Å². The summed E-state index contributed by atoms with van der Waals surface area (Å²) in [6.45, 7) is 0. The van der Waals surface area contributed by atoms with Crippen molar-refractivity contribution in [1.29, 1.82) is 0 Å². The molecule has 6 heteroatoms. The Kier molecular flexibility index (Phi) is 2.63. The molecular formula is C10H7FN2O3. The van der Waals surface area contributed by atoms with Gasteiger partial charge in [-0.15, -0.1) is 0 Å². The van der Waals surface area contributed by atoms with Crippen molar-refractivity contribution in [3.63, 3.8) is 0 Å². The molecule has 0 fully saturated rings. The number of benzene rings is 1. The second kappa shape index (κ2) is 4.09. The summed E-state index contributed by atoms with van der Waals surface area (Å²) in [5.41, 5.74) is 0.378. The van der Waals surface area contributed by atoms with Gasteiger partial charge in [-0.2, -0.15) is 4.98 Å². The van der Waals surface area contributed by atoms with Crippen molar-refractivity contribution in [2.45, 2.75) is 6.42 Å². The molecule has 0 amide bonds. The van der Waals surface area contributed by atoms with Crippen LogP contribution in [0.5, 0.6) is 0 Å². The van der Waals surface area contributed by atoms with Crippen LogP contribution in [0.1, 0.15) is 22.1 Å². The fourth-order valence-electron chi connectivity index (χ4n) is 1.22. The first-order valence-corrected chi connectivity index (χ1v) is 4.46. The molecule has 82 valence electrons. The molecule has 0 saturated carbocycles. The number of hydrogen-bond donors (Lipinski definition) is 1. The Morgan fingerprint density at radius 3 is 2.81 bits per heavy atom. The second-order valence-electron chi connectivity index (χ2n) is 3.09. The van der Waals surface area contributed by atoms with Crippen molar-refractivity contribution in [2.24, 2.45) is 0 Å². The first kappa shape index (κ1) is 10.3. The molecular weight excluding hydrogens is 215 g/mol. The Balaban J connectivity index is 2.21. The number of hydrogen-bond acceptors (Lipinski definition) is 4. The lowest BCUT2D eigenvalue weighted by molar-refractivity contribution is 0.0680. The van der Waals surface area contributed by atoms with Crippen LogP contribution < -0.4 is 0 Å². The summed E-state index contributed by atoms with van der Waals surface area (Å²) in [7, 11) is 0. The maximum atomic E-state index is 13.2. The Bertz CT molecular complexity index is 524. The van der Waals surface area contributed by atoms with Gasteiger partial charge in [-0.05, 0) is 16.8 Å². The van der Waals surface area contributed by atoms with Gasteiger partial charge in [0.2, 0.25) is 5.89 Å². The lowest BCUT2D eigenvalue weighted by Gasteiger charge is -1.97. The van der Waals surface area contributed by atoms with Crippen LogP contribution in [0.4, 0.5) is 4.39 Å². The van der Waals surface area contributed by atoms with E-state index in [1.165, 1.54) is 6.07 Å². The number of aromatic carboxylic acids is 1. The summed E-state index contributed by atoms with van der Waals surface area (Å²) in [4.78, 5) is 14.1. The van der Waals surface area contributed by atoms with Crippen LogP contribution in [0.15, 0.2) is 28.8 Å². The molecule has 0 radical (unpaired) electrons. The normalized spacial score (nSPS) is 10.3. The minimum Gasteiger partial charge on any atom is -0.475 e. The average molecular weight is 222 g/mol. The average Bonchev–Trinajstić information content (AvgIpc) is 2.70. The molecule has 0 spiro atoms. The van der Waals surface area contributed by atoms with Crippen LogP contribution in [0.2, 0.25) is 0 Å². The Hall–Kier alpha value is -2.24. The zero-order chi connectivity index (χ0) is 11.5. The topological polar surface area (TPSA) is 76.2 Å². The first-order valence-electron chi connectivity index (χ1n) is 4.46. The predicted molar refractivity (Wildman–Crippen MR) is 50.5 cm³/mol. The summed E-state index contributed by atoms with van der Waals surface area (Å²) in [6, 6.07) is 6.12. The smallest absolute Gasteiger partial charge is 0.377 e. The third-order valence-corrected chi connectivity index (χ3v) is 1.96. The van der Waals surface area contributed by atoms with Gasteiger partial charge >= 0.3 is 5.97 Å². The van der Waals surface area contributed by atoms with Gasteiger partial charge in [-0.1, -0.05) is 18.2 Å². The summed E-state index contributed by atoms with van der Waals surface area (Å²) < 4.78 is 17.9. The minimum absolute atomic E-state index is 0.0718. The lowest BCUT2D eigenvalue weighted by atomic mass is 10.1. The SMILES string of the molecule is O=C(O)c1noc(Cc2ccccc2F)n1. The van der Waals surface area contributed by atoms with Gasteiger partial charge in [0.15, 0.2) is 0 Å². The standard InChI is InChI=1S/C10H7FN2O3/c11-7-4-2-1-3-6(7)5-8-12-9(10(14)15)13-16-8/h1-4H,5H2,(H,14,15). The van der Waals surface area contributed by atoms with Crippen molar-refractivity contribution < 1.29 is 18.8 Å². The Labute approximate surface area is 89.5 Å². The second-order valence-corrected chi connectivity index (χ2v) is 3.09. The van der Waals surface area contributed by atoms with Crippen molar-refractivity contribution in [3.05, 3.63) is 47.4 Å². The van der Waals surface area contributed by atoms with Gasteiger partial charge in [0.1, 0.15) is 5.82 Å². The Morgan fingerprint density at radius 2 is 2.19 bits per heavy atom. The van der Waals surface area contributed by atoms with Crippen LogP contribution in [-0.2, 0) is 6.42 Å². The van der Waals surface area contributed by atoms with Crippen molar-refractivity contribution in [3.8, 4) is 0 Å². The molecule has 2 aromatic rings. The first-order chi connectivity index (χ1) is 7.66. The molecule has 0 bridgehead atoms. The fourth-order valence-corrected chi connectivity index (χ4v) is 1.22. The number of carboxylic acid groups (broad SMARTS) is 1. The van der Waals surface area contributed by atoms with Gasteiger partial charge in [0.05, 0.1) is 6.42 Å². The largest absolute Gasteiger partial charge is 0.475 e. The molecule has 0 aliphatic heterocycles. The van der Waals surface area contributed by atoms with Crippen molar-refractivity contribution >= 4 is 5.97 Å². The summed E-state index contributed by atoms with van der Waals surface area (Å²) in [6.07, 6.45) is 0.0763. The van der Waals surface area contributed by atoms with Crippen LogP contribution in [-0.4, -0.2) is 21.2 Å². The highest BCUT2D eigenvalue weighted by Gasteiger charge is 2.14. The Morgan fingerprint density at radius 1 is 1.44 bits per heavy atom. The van der Waals surface area contributed by atoms with Crippen LogP contribution in [0.3, 0.4) is 0 Å². The molecule has 1 aromatic carbocycles.